The minimum atomic E-state index is -4.69. The average Bonchev–Trinajstić information content (AvgIpc) is 3.29. The third-order valence-electron chi connectivity index (χ3n) is 7.27. The Morgan fingerprint density at radius 2 is 1.92 bits per heavy atom. The topological polar surface area (TPSA) is 87.8 Å². The van der Waals surface area contributed by atoms with Gasteiger partial charge in [-0.05, 0) is 61.9 Å². The second-order valence-corrected chi connectivity index (χ2v) is 11.2. The van der Waals surface area contributed by atoms with Gasteiger partial charge in [-0.25, -0.2) is 12.8 Å². The van der Waals surface area contributed by atoms with E-state index in [1.54, 1.807) is 10.8 Å². The predicted molar refractivity (Wildman–Crippen MR) is 125 cm³/mol. The molecule has 0 unspecified atom stereocenters. The highest BCUT2D eigenvalue weighted by atomic mass is 32.2. The van der Waals surface area contributed by atoms with Gasteiger partial charge in [0, 0.05) is 17.6 Å². The lowest BCUT2D eigenvalue weighted by molar-refractivity contribution is -0.160. The van der Waals surface area contributed by atoms with E-state index in [2.05, 4.69) is 11.1 Å². The average molecular weight is 521 g/mol. The van der Waals surface area contributed by atoms with Crippen LogP contribution in [0.25, 0.3) is 22.3 Å². The zero-order valence-electron chi connectivity index (χ0n) is 19.5. The number of alkyl halides is 3. The van der Waals surface area contributed by atoms with Crippen molar-refractivity contribution in [2.75, 3.05) is 0 Å². The summed E-state index contributed by atoms with van der Waals surface area (Å²) in [5.41, 5.74) is -0.216. The molecule has 0 bridgehead atoms. The summed E-state index contributed by atoms with van der Waals surface area (Å²) in [5.74, 6) is -0.407. The van der Waals surface area contributed by atoms with E-state index in [0.29, 0.717) is 34.3 Å². The predicted octanol–water partition coefficient (Wildman–Crippen LogP) is 5.76. The summed E-state index contributed by atoms with van der Waals surface area (Å²) in [6, 6.07) is 7.91. The van der Waals surface area contributed by atoms with Crippen molar-refractivity contribution in [3.63, 3.8) is 0 Å². The number of pyridine rings is 1. The van der Waals surface area contributed by atoms with Gasteiger partial charge in [0.1, 0.15) is 22.3 Å². The molecular weight excluding hydrogens is 496 g/mol. The van der Waals surface area contributed by atoms with Crippen molar-refractivity contribution in [3.8, 4) is 17.5 Å². The zero-order chi connectivity index (χ0) is 25.9. The number of halogens is 4. The van der Waals surface area contributed by atoms with Crippen LogP contribution in [-0.2, 0) is 16.4 Å². The Bertz CT molecular complexity index is 1480. The summed E-state index contributed by atoms with van der Waals surface area (Å²) in [6.45, 7) is 1.85. The SMILES string of the molecule is CCc1cc2c(cc1F)c(C#N)c(-c1ccc(S(=O)(=O)NC3(C(F)(F)F)CC3)cn1)n2C1CCCC1. The third-order valence-corrected chi connectivity index (χ3v) is 8.79. The lowest BCUT2D eigenvalue weighted by Crippen LogP contribution is -2.47. The Labute approximate surface area is 206 Å². The van der Waals surface area contributed by atoms with E-state index < -0.39 is 32.5 Å². The van der Waals surface area contributed by atoms with Crippen molar-refractivity contribution in [2.45, 2.75) is 74.5 Å². The Hall–Kier alpha value is -2.97. The van der Waals surface area contributed by atoms with Crippen molar-refractivity contribution >= 4 is 20.9 Å². The Balaban J connectivity index is 1.62. The van der Waals surface area contributed by atoms with Crippen molar-refractivity contribution in [2.24, 2.45) is 0 Å². The molecule has 0 radical (unpaired) electrons. The molecule has 11 heteroatoms. The van der Waals surface area contributed by atoms with Crippen LogP contribution < -0.4 is 4.72 Å². The number of benzene rings is 1. The lowest BCUT2D eigenvalue weighted by atomic mass is 10.1. The molecule has 2 aliphatic rings. The van der Waals surface area contributed by atoms with Crippen LogP contribution in [0.5, 0.6) is 0 Å². The van der Waals surface area contributed by atoms with E-state index >= 15 is 0 Å². The molecule has 0 saturated heterocycles. The number of sulfonamides is 1. The van der Waals surface area contributed by atoms with Crippen molar-refractivity contribution in [1.29, 1.82) is 5.26 Å². The van der Waals surface area contributed by atoms with Gasteiger partial charge in [-0.15, -0.1) is 0 Å². The zero-order valence-corrected chi connectivity index (χ0v) is 20.3. The maximum Gasteiger partial charge on any atom is 0.407 e. The van der Waals surface area contributed by atoms with Gasteiger partial charge in [-0.3, -0.25) is 4.98 Å². The maximum absolute atomic E-state index is 14.7. The van der Waals surface area contributed by atoms with Gasteiger partial charge in [0.2, 0.25) is 10.0 Å². The van der Waals surface area contributed by atoms with Crippen LogP contribution in [-0.4, -0.2) is 29.7 Å². The summed E-state index contributed by atoms with van der Waals surface area (Å²) in [4.78, 5) is 3.86. The summed E-state index contributed by atoms with van der Waals surface area (Å²) < 4.78 is 83.7. The van der Waals surface area contributed by atoms with Crippen molar-refractivity contribution in [1.82, 2.24) is 14.3 Å². The number of nitrogens with one attached hydrogen (secondary N) is 1. The van der Waals surface area contributed by atoms with E-state index in [1.807, 2.05) is 11.5 Å². The Kier molecular flexibility index (Phi) is 5.87. The van der Waals surface area contributed by atoms with Crippen molar-refractivity contribution < 1.29 is 26.0 Å². The molecule has 5 rings (SSSR count). The van der Waals surface area contributed by atoms with Gasteiger partial charge >= 0.3 is 6.18 Å². The number of rotatable bonds is 6. The fourth-order valence-electron chi connectivity index (χ4n) is 5.11. The smallest absolute Gasteiger partial charge is 0.335 e. The number of aromatic nitrogens is 2. The number of nitriles is 1. The molecule has 6 nitrogen and oxygen atoms in total. The highest BCUT2D eigenvalue weighted by Gasteiger charge is 2.65. The standard InChI is InChI=1S/C25H24F4N4O2S/c1-2-15-11-22-18(12-20(15)26)19(13-30)23(33(22)16-5-3-4-6-16)21-8-7-17(14-31-21)36(34,35)32-24(9-10-24)25(27,28)29/h7-8,11-12,14,16,32H,2-6,9-10H2,1H3. The molecule has 36 heavy (non-hydrogen) atoms. The molecule has 0 aliphatic heterocycles. The number of nitrogens with zero attached hydrogens (tertiary/aromatic N) is 3. The molecule has 0 spiro atoms. The first-order valence-electron chi connectivity index (χ1n) is 11.8. The molecule has 2 aromatic heterocycles. The lowest BCUT2D eigenvalue weighted by Gasteiger charge is -2.21. The highest BCUT2D eigenvalue weighted by molar-refractivity contribution is 7.89. The summed E-state index contributed by atoms with van der Waals surface area (Å²) in [7, 11) is -4.47. The van der Waals surface area contributed by atoms with Crippen LogP contribution in [0.3, 0.4) is 0 Å². The molecule has 0 atom stereocenters. The van der Waals surface area contributed by atoms with E-state index in [-0.39, 0.29) is 24.4 Å². The number of hydrogen-bond donors (Lipinski definition) is 1. The Morgan fingerprint density at radius 3 is 2.44 bits per heavy atom. The molecule has 0 amide bonds. The highest BCUT2D eigenvalue weighted by Crippen LogP contribution is 2.50. The van der Waals surface area contributed by atoms with Gasteiger partial charge in [0.25, 0.3) is 0 Å². The number of aryl methyl sites for hydroxylation is 1. The quantitative estimate of drug-likeness (QED) is 0.419. The monoisotopic (exact) mass is 520 g/mol. The summed E-state index contributed by atoms with van der Waals surface area (Å²) in [5, 5.41) is 10.5. The second-order valence-electron chi connectivity index (χ2n) is 9.52. The van der Waals surface area contributed by atoms with Gasteiger partial charge in [-0.2, -0.15) is 23.2 Å². The number of hydrogen-bond acceptors (Lipinski definition) is 4. The van der Waals surface area contributed by atoms with Crippen LogP contribution in [0.2, 0.25) is 0 Å². The van der Waals surface area contributed by atoms with Gasteiger partial charge < -0.3 is 4.57 Å². The molecule has 190 valence electrons. The first kappa shape index (κ1) is 24.7. The van der Waals surface area contributed by atoms with E-state index in [0.717, 1.165) is 31.9 Å². The molecule has 2 aliphatic carbocycles. The molecule has 2 fully saturated rings. The number of fused-ring (bicyclic) bond motifs is 1. The fourth-order valence-corrected chi connectivity index (χ4v) is 6.51. The fraction of sp³-hybridized carbons (Fsp3) is 0.440. The first-order valence-corrected chi connectivity index (χ1v) is 13.3. The second kappa shape index (κ2) is 8.56. The first-order chi connectivity index (χ1) is 17.0. The minimum Gasteiger partial charge on any atom is -0.335 e. The minimum absolute atomic E-state index is 0.0631. The Morgan fingerprint density at radius 1 is 1.22 bits per heavy atom. The molecule has 1 N–H and O–H groups in total. The summed E-state index contributed by atoms with van der Waals surface area (Å²) >= 11 is 0. The van der Waals surface area contributed by atoms with Crippen LogP contribution in [0.4, 0.5) is 17.6 Å². The van der Waals surface area contributed by atoms with E-state index in [1.165, 1.54) is 18.2 Å². The molecular formula is C25H24F4N4O2S. The van der Waals surface area contributed by atoms with Crippen molar-refractivity contribution in [3.05, 3.63) is 47.4 Å². The van der Waals surface area contributed by atoms with Crippen LogP contribution in [0.15, 0.2) is 35.4 Å². The molecule has 3 aromatic rings. The van der Waals surface area contributed by atoms with Crippen LogP contribution >= 0.6 is 0 Å². The molecule has 1 aromatic carbocycles. The van der Waals surface area contributed by atoms with E-state index in [9.17, 15) is 31.2 Å². The van der Waals surface area contributed by atoms with Gasteiger partial charge in [-0.1, -0.05) is 19.8 Å². The van der Waals surface area contributed by atoms with Gasteiger partial charge in [0.05, 0.1) is 22.5 Å². The normalized spacial score (nSPS) is 18.0. The summed E-state index contributed by atoms with van der Waals surface area (Å²) in [6.07, 6.45) is -0.0899. The maximum atomic E-state index is 14.7. The van der Waals surface area contributed by atoms with E-state index in [4.69, 9.17) is 0 Å². The third kappa shape index (κ3) is 3.96. The largest absolute Gasteiger partial charge is 0.407 e. The molecule has 2 saturated carbocycles. The van der Waals surface area contributed by atoms with Crippen LogP contribution in [0, 0.1) is 17.1 Å². The van der Waals surface area contributed by atoms with Gasteiger partial charge in [0.15, 0.2) is 0 Å². The van der Waals surface area contributed by atoms with Crippen LogP contribution in [0.1, 0.15) is 62.6 Å². The molecule has 2 heterocycles.